The Kier molecular flexibility index (Phi) is 15.0. The summed E-state index contributed by atoms with van der Waals surface area (Å²) in [5, 5.41) is 10.7. The third kappa shape index (κ3) is 11.1. The van der Waals surface area contributed by atoms with Crippen molar-refractivity contribution in [1.29, 1.82) is 0 Å². The Bertz CT molecular complexity index is 1730. The van der Waals surface area contributed by atoms with Crippen molar-refractivity contribution in [3.8, 4) is 5.75 Å². The number of ketones is 1. The van der Waals surface area contributed by atoms with Crippen LogP contribution in [0.5, 0.6) is 5.75 Å². The predicted molar refractivity (Wildman–Crippen MR) is 205 cm³/mol. The average molecular weight is 775 g/mol. The number of nitrogens with zero attached hydrogens (tertiary/aromatic N) is 2. The summed E-state index contributed by atoms with van der Waals surface area (Å²) in [6, 6.07) is 11.7. The van der Waals surface area contributed by atoms with Crippen LogP contribution in [-0.4, -0.2) is 116 Å². The fraction of sp³-hybridized carbons (Fsp3) is 0.537. The van der Waals surface area contributed by atoms with Crippen LogP contribution >= 0.6 is 0 Å². The number of benzene rings is 2. The monoisotopic (exact) mass is 774 g/mol. The highest BCUT2D eigenvalue weighted by molar-refractivity contribution is 6.38. The van der Waals surface area contributed by atoms with Crippen LogP contribution in [0.4, 0.5) is 0 Å². The van der Waals surface area contributed by atoms with Crippen LogP contribution < -0.4 is 26.0 Å². The van der Waals surface area contributed by atoms with Gasteiger partial charge in [0.05, 0.1) is 31.7 Å². The normalized spacial score (nSPS) is 21.6. The SMILES string of the molecule is CCC[C@H](NC(=O)[C@@H]1C[C@@H]2CN1C(=O)[C@@H](C1CCCCC1)NC(=O)Cc1cccc(c1)OCCO2)C(=O)C(=O)NCC(=O)N[C@H](C(=O)N(C)C)c1ccccc1. The van der Waals surface area contributed by atoms with Crippen molar-refractivity contribution in [3.05, 3.63) is 65.7 Å². The zero-order chi connectivity index (χ0) is 40.2. The van der Waals surface area contributed by atoms with E-state index >= 15 is 0 Å². The summed E-state index contributed by atoms with van der Waals surface area (Å²) >= 11 is 0. The molecule has 0 aromatic heterocycles. The molecule has 5 atom stereocenters. The third-order valence-electron chi connectivity index (χ3n) is 10.5. The van der Waals surface area contributed by atoms with Crippen molar-refractivity contribution < 1.29 is 43.0 Å². The van der Waals surface area contributed by atoms with Crippen LogP contribution in [0.2, 0.25) is 0 Å². The molecule has 2 aromatic rings. The molecule has 0 spiro atoms. The highest BCUT2D eigenvalue weighted by Gasteiger charge is 2.45. The number of fused-ring (bicyclic) bond motifs is 4. The van der Waals surface area contributed by atoms with Gasteiger partial charge in [0.15, 0.2) is 0 Å². The van der Waals surface area contributed by atoms with E-state index < -0.39 is 60.3 Å². The van der Waals surface area contributed by atoms with E-state index in [1.54, 1.807) is 63.5 Å². The minimum Gasteiger partial charge on any atom is -0.491 e. The van der Waals surface area contributed by atoms with Gasteiger partial charge >= 0.3 is 0 Å². The van der Waals surface area contributed by atoms with Crippen LogP contribution in [0.25, 0.3) is 0 Å². The molecule has 0 unspecified atom stereocenters. The lowest BCUT2D eigenvalue weighted by Gasteiger charge is -2.35. The number of likely N-dealkylation sites (N-methyl/N-ethyl adjacent to an activating group) is 1. The highest BCUT2D eigenvalue weighted by atomic mass is 16.5. The van der Waals surface area contributed by atoms with Gasteiger partial charge in [-0.05, 0) is 48.4 Å². The molecule has 1 saturated carbocycles. The van der Waals surface area contributed by atoms with E-state index in [4.69, 9.17) is 9.47 Å². The molecular weight excluding hydrogens is 720 g/mol. The molecule has 1 saturated heterocycles. The van der Waals surface area contributed by atoms with Crippen LogP contribution in [0, 0.1) is 5.92 Å². The molecule has 3 aliphatic rings. The van der Waals surface area contributed by atoms with Gasteiger partial charge in [0, 0.05) is 27.1 Å². The Morgan fingerprint density at radius 3 is 2.41 bits per heavy atom. The zero-order valence-electron chi connectivity index (χ0n) is 32.4. The number of rotatable bonds is 12. The van der Waals surface area contributed by atoms with E-state index in [2.05, 4.69) is 21.3 Å². The number of carbonyl (C=O) groups excluding carboxylic acids is 7. The maximum Gasteiger partial charge on any atom is 0.290 e. The summed E-state index contributed by atoms with van der Waals surface area (Å²) in [6.45, 7) is 1.69. The minimum atomic E-state index is -1.24. The largest absolute Gasteiger partial charge is 0.491 e. The molecule has 4 N–H and O–H groups in total. The maximum atomic E-state index is 14.5. The zero-order valence-corrected chi connectivity index (χ0v) is 32.4. The van der Waals surface area contributed by atoms with Gasteiger partial charge in [-0.25, -0.2) is 0 Å². The molecule has 2 aliphatic heterocycles. The van der Waals surface area contributed by atoms with Crippen LogP contribution in [0.1, 0.15) is 75.5 Å². The number of ether oxygens (including phenoxy) is 2. The molecular formula is C41H54N6O9. The Morgan fingerprint density at radius 2 is 1.70 bits per heavy atom. The molecule has 56 heavy (non-hydrogen) atoms. The summed E-state index contributed by atoms with van der Waals surface area (Å²) in [7, 11) is 3.12. The first kappa shape index (κ1) is 41.8. The van der Waals surface area contributed by atoms with Crippen molar-refractivity contribution in [2.24, 2.45) is 5.92 Å². The molecule has 15 heteroatoms. The van der Waals surface area contributed by atoms with E-state index in [0.29, 0.717) is 17.7 Å². The Labute approximate surface area is 327 Å². The van der Waals surface area contributed by atoms with Crippen molar-refractivity contribution in [2.45, 2.75) is 95.0 Å². The summed E-state index contributed by atoms with van der Waals surface area (Å²) in [5.41, 5.74) is 1.28. The Morgan fingerprint density at radius 1 is 0.946 bits per heavy atom. The van der Waals surface area contributed by atoms with Gasteiger partial charge in [0.2, 0.25) is 35.3 Å². The molecule has 1 aliphatic carbocycles. The summed E-state index contributed by atoms with van der Waals surface area (Å²) in [5.74, 6) is -3.97. The number of hydrogen-bond acceptors (Lipinski definition) is 9. The van der Waals surface area contributed by atoms with Crippen molar-refractivity contribution >= 4 is 41.2 Å². The van der Waals surface area contributed by atoms with E-state index in [1.807, 2.05) is 12.1 Å². The molecule has 15 nitrogen and oxygen atoms in total. The minimum absolute atomic E-state index is 0.0447. The van der Waals surface area contributed by atoms with E-state index in [9.17, 15) is 33.6 Å². The summed E-state index contributed by atoms with van der Waals surface area (Å²) < 4.78 is 12.0. The number of hydrogen-bond donors (Lipinski definition) is 4. The second-order valence-corrected chi connectivity index (χ2v) is 14.9. The molecule has 2 fully saturated rings. The molecule has 4 bridgehead atoms. The molecule has 302 valence electrons. The average Bonchev–Trinajstić information content (AvgIpc) is 3.63. The fourth-order valence-electron chi connectivity index (χ4n) is 7.60. The Hall–Kier alpha value is -5.31. The molecule has 6 amide bonds. The summed E-state index contributed by atoms with van der Waals surface area (Å²) in [4.78, 5) is 97.1. The smallest absolute Gasteiger partial charge is 0.290 e. The third-order valence-corrected chi connectivity index (χ3v) is 10.5. The fourth-order valence-corrected chi connectivity index (χ4v) is 7.60. The van der Waals surface area contributed by atoms with E-state index in [0.717, 1.165) is 37.7 Å². The first-order chi connectivity index (χ1) is 26.9. The number of Topliss-reactive ketones (excluding diaryl/α,β-unsaturated/α-hetero) is 1. The second-order valence-electron chi connectivity index (χ2n) is 14.9. The van der Waals surface area contributed by atoms with Crippen LogP contribution in [0.15, 0.2) is 54.6 Å². The first-order valence-electron chi connectivity index (χ1n) is 19.6. The van der Waals surface area contributed by atoms with Gasteiger partial charge in [-0.2, -0.15) is 0 Å². The predicted octanol–water partition coefficient (Wildman–Crippen LogP) is 1.59. The lowest BCUT2D eigenvalue weighted by molar-refractivity contribution is -0.144. The van der Waals surface area contributed by atoms with E-state index in [1.165, 1.54) is 9.80 Å². The van der Waals surface area contributed by atoms with Gasteiger partial charge in [-0.1, -0.05) is 75.1 Å². The standard InChI is InChI=1S/C41H54N6O9/c1-4-12-31(37(50)39(52)42-24-34(49)45-35(40(53)46(2)3)27-14-7-5-8-15-27)43-38(51)32-23-30-25-47(32)41(54)36(28-16-9-6-10-17-28)44-33(48)22-26-13-11-18-29(21-26)55-19-20-56-30/h5,7-8,11,13-15,18,21,28,30-32,35-36H,4,6,9-10,12,16-17,19-20,22-25H2,1-3H3,(H,42,52)(H,43,51)(H,44,48)(H,45,49)/t30-,31+,32+,35+,36-/m1/s1. The van der Waals surface area contributed by atoms with Crippen LogP contribution in [-0.2, 0) is 44.7 Å². The number of amides is 6. The molecule has 2 heterocycles. The topological polar surface area (TPSA) is 193 Å². The molecule has 2 aromatic carbocycles. The van der Waals surface area contributed by atoms with Crippen molar-refractivity contribution in [2.75, 3.05) is 40.4 Å². The second kappa shape index (κ2) is 20.0. The van der Waals surface area contributed by atoms with Gasteiger partial charge < -0.3 is 40.5 Å². The van der Waals surface area contributed by atoms with Crippen molar-refractivity contribution in [1.82, 2.24) is 31.1 Å². The van der Waals surface area contributed by atoms with Gasteiger partial charge in [-0.15, -0.1) is 0 Å². The highest BCUT2D eigenvalue weighted by Crippen LogP contribution is 2.30. The maximum absolute atomic E-state index is 14.5. The van der Waals surface area contributed by atoms with Gasteiger partial charge in [0.1, 0.15) is 30.5 Å². The lowest BCUT2D eigenvalue weighted by atomic mass is 9.83. The van der Waals surface area contributed by atoms with Gasteiger partial charge in [-0.3, -0.25) is 33.6 Å². The van der Waals surface area contributed by atoms with E-state index in [-0.39, 0.29) is 62.7 Å². The Balaban J connectivity index is 1.28. The quantitative estimate of drug-likeness (QED) is 0.232. The molecule has 5 rings (SSSR count). The first-order valence-corrected chi connectivity index (χ1v) is 19.6. The number of carbonyl (C=O) groups is 7. The van der Waals surface area contributed by atoms with Crippen LogP contribution in [0.3, 0.4) is 0 Å². The number of nitrogens with one attached hydrogen (secondary N) is 4. The molecule has 0 radical (unpaired) electrons. The van der Waals surface area contributed by atoms with Gasteiger partial charge in [0.25, 0.3) is 5.91 Å². The summed E-state index contributed by atoms with van der Waals surface area (Å²) in [6.07, 6.45) is 4.60. The van der Waals surface area contributed by atoms with Crippen molar-refractivity contribution in [3.63, 3.8) is 0 Å². The lowest BCUT2D eigenvalue weighted by Crippen LogP contribution is -2.58.